The predicted octanol–water partition coefficient (Wildman–Crippen LogP) is 7.57. The number of rotatable bonds is 7. The highest BCUT2D eigenvalue weighted by Crippen LogP contribution is 2.36. The quantitative estimate of drug-likeness (QED) is 0.180. The smallest absolute Gasteiger partial charge is 0.341 e. The summed E-state index contributed by atoms with van der Waals surface area (Å²) in [4.78, 5) is 13.6. The first-order chi connectivity index (χ1) is 17.3. The number of thiocarbonyl (C=S) groups is 1. The van der Waals surface area contributed by atoms with Gasteiger partial charge in [-0.25, -0.2) is 4.79 Å². The van der Waals surface area contributed by atoms with E-state index in [0.29, 0.717) is 32.3 Å². The van der Waals surface area contributed by atoms with Crippen LogP contribution in [0, 0.1) is 13.8 Å². The highest BCUT2D eigenvalue weighted by atomic mass is 35.5. The van der Waals surface area contributed by atoms with Gasteiger partial charge in [-0.2, -0.15) is 5.10 Å². The second-order valence-electron chi connectivity index (χ2n) is 7.97. The molecule has 0 saturated heterocycles. The molecule has 2 aromatic heterocycles. The van der Waals surface area contributed by atoms with E-state index in [4.69, 9.17) is 40.2 Å². The van der Waals surface area contributed by atoms with Crippen LogP contribution in [0.2, 0.25) is 10.0 Å². The Morgan fingerprint density at radius 2 is 1.83 bits per heavy atom. The summed E-state index contributed by atoms with van der Waals surface area (Å²) in [5.74, 6) is -0.400. The van der Waals surface area contributed by atoms with E-state index in [2.05, 4.69) is 15.7 Å². The van der Waals surface area contributed by atoms with Gasteiger partial charge in [0.15, 0.2) is 5.11 Å². The molecule has 4 aromatic rings. The van der Waals surface area contributed by atoms with Crippen LogP contribution in [0.15, 0.2) is 54.6 Å². The van der Waals surface area contributed by atoms with Gasteiger partial charge in [0.1, 0.15) is 5.00 Å². The number of carbonyl (C=O) groups is 1. The second kappa shape index (κ2) is 11.4. The van der Waals surface area contributed by atoms with E-state index in [0.717, 1.165) is 33.1 Å². The number of aryl methyl sites for hydroxylation is 1. The maximum Gasteiger partial charge on any atom is 0.341 e. The highest BCUT2D eigenvalue weighted by molar-refractivity contribution is 7.80. The second-order valence-corrected chi connectivity index (χ2v) is 10.2. The molecule has 0 radical (unpaired) electrons. The van der Waals surface area contributed by atoms with Crippen molar-refractivity contribution >= 4 is 68.5 Å². The lowest BCUT2D eigenvalue weighted by Crippen LogP contribution is -2.21. The number of benzene rings is 2. The number of nitrogens with one attached hydrogen (secondary N) is 2. The molecule has 36 heavy (non-hydrogen) atoms. The van der Waals surface area contributed by atoms with Crippen molar-refractivity contribution in [2.75, 3.05) is 17.2 Å². The first kappa shape index (κ1) is 26.2. The topological polar surface area (TPSA) is 68.2 Å². The zero-order chi connectivity index (χ0) is 25.8. The molecule has 0 aliphatic carbocycles. The van der Waals surface area contributed by atoms with Crippen molar-refractivity contribution in [3.63, 3.8) is 0 Å². The van der Waals surface area contributed by atoms with Crippen LogP contribution < -0.4 is 10.6 Å². The number of hydrogen-bond acceptors (Lipinski definition) is 5. The Balaban J connectivity index is 1.54. The van der Waals surface area contributed by atoms with Gasteiger partial charge in [-0.05, 0) is 62.3 Å². The van der Waals surface area contributed by atoms with Gasteiger partial charge in [-0.1, -0.05) is 59.6 Å². The summed E-state index contributed by atoms with van der Waals surface area (Å²) >= 11 is 19.3. The summed E-state index contributed by atoms with van der Waals surface area (Å²) in [6, 6.07) is 17.2. The van der Waals surface area contributed by atoms with Crippen LogP contribution in [-0.4, -0.2) is 27.5 Å². The Morgan fingerprint density at radius 3 is 2.53 bits per heavy atom. The van der Waals surface area contributed by atoms with Crippen molar-refractivity contribution in [1.82, 2.24) is 9.78 Å². The monoisotopic (exact) mass is 558 g/mol. The van der Waals surface area contributed by atoms with Gasteiger partial charge in [0.2, 0.25) is 0 Å². The maximum atomic E-state index is 12.6. The van der Waals surface area contributed by atoms with Crippen LogP contribution >= 0.6 is 46.8 Å². The number of ether oxygens (including phenoxy) is 1. The zero-order valence-corrected chi connectivity index (χ0v) is 23.0. The molecule has 10 heteroatoms. The number of thiophene rings is 1. The SMILES string of the molecule is CCOC(=O)c1cc(-c2ccccc2)sc1NC(=S)Nc1c(C)nn(Cc2ccc(Cl)c(Cl)c2)c1C. The number of halogens is 2. The molecule has 0 amide bonds. The normalized spacial score (nSPS) is 10.8. The van der Waals surface area contributed by atoms with Gasteiger partial charge in [0.25, 0.3) is 0 Å². The molecule has 2 aromatic carbocycles. The molecule has 0 aliphatic rings. The Bertz CT molecular complexity index is 1420. The summed E-state index contributed by atoms with van der Waals surface area (Å²) in [7, 11) is 0. The Kier molecular flexibility index (Phi) is 8.31. The Hall–Kier alpha value is -2.91. The van der Waals surface area contributed by atoms with E-state index >= 15 is 0 Å². The lowest BCUT2D eigenvalue weighted by atomic mass is 10.1. The minimum atomic E-state index is -0.400. The molecule has 4 rings (SSSR count). The summed E-state index contributed by atoms with van der Waals surface area (Å²) in [6.07, 6.45) is 0. The molecular weight excluding hydrogens is 535 g/mol. The van der Waals surface area contributed by atoms with E-state index < -0.39 is 5.97 Å². The number of carbonyl (C=O) groups excluding carboxylic acids is 1. The highest BCUT2D eigenvalue weighted by Gasteiger charge is 2.20. The molecule has 186 valence electrons. The van der Waals surface area contributed by atoms with Crippen LogP contribution in [0.25, 0.3) is 10.4 Å². The molecule has 0 unspecified atom stereocenters. The molecule has 0 spiro atoms. The third kappa shape index (κ3) is 5.90. The zero-order valence-electron chi connectivity index (χ0n) is 19.9. The fourth-order valence-corrected chi connectivity index (χ4v) is 5.32. The minimum Gasteiger partial charge on any atom is -0.462 e. The number of nitrogens with zero attached hydrogens (tertiary/aromatic N) is 2. The average molecular weight is 560 g/mol. The number of hydrogen-bond donors (Lipinski definition) is 2. The predicted molar refractivity (Wildman–Crippen MR) is 153 cm³/mol. The van der Waals surface area contributed by atoms with Crippen molar-refractivity contribution in [3.8, 4) is 10.4 Å². The van der Waals surface area contributed by atoms with E-state index in [1.165, 1.54) is 11.3 Å². The lowest BCUT2D eigenvalue weighted by Gasteiger charge is -2.11. The number of esters is 1. The number of anilines is 2. The molecule has 6 nitrogen and oxygen atoms in total. The summed E-state index contributed by atoms with van der Waals surface area (Å²) in [6.45, 7) is 6.47. The van der Waals surface area contributed by atoms with Gasteiger partial charge >= 0.3 is 5.97 Å². The van der Waals surface area contributed by atoms with Crippen LogP contribution in [0.5, 0.6) is 0 Å². The average Bonchev–Trinajstić information content (AvgIpc) is 3.38. The molecule has 2 N–H and O–H groups in total. The maximum absolute atomic E-state index is 12.6. The summed E-state index contributed by atoms with van der Waals surface area (Å²) < 4.78 is 7.14. The molecular formula is C26H24Cl2N4O2S2. The lowest BCUT2D eigenvalue weighted by molar-refractivity contribution is 0.0528. The van der Waals surface area contributed by atoms with E-state index in [1.807, 2.05) is 67.1 Å². The van der Waals surface area contributed by atoms with E-state index in [1.54, 1.807) is 13.0 Å². The van der Waals surface area contributed by atoms with Gasteiger partial charge in [0.05, 0.1) is 45.8 Å². The largest absolute Gasteiger partial charge is 0.462 e. The number of aromatic nitrogens is 2. The Labute approximate surface area is 229 Å². The van der Waals surface area contributed by atoms with Gasteiger partial charge in [-0.3, -0.25) is 4.68 Å². The van der Waals surface area contributed by atoms with Gasteiger partial charge in [0, 0.05) is 4.88 Å². The van der Waals surface area contributed by atoms with Crippen molar-refractivity contribution in [1.29, 1.82) is 0 Å². The van der Waals surface area contributed by atoms with E-state index in [9.17, 15) is 4.79 Å². The van der Waals surface area contributed by atoms with Crippen molar-refractivity contribution in [3.05, 3.63) is 87.2 Å². The molecule has 2 heterocycles. The molecule has 0 saturated carbocycles. The fourth-order valence-electron chi connectivity index (χ4n) is 3.68. The van der Waals surface area contributed by atoms with Crippen molar-refractivity contribution < 1.29 is 9.53 Å². The minimum absolute atomic E-state index is 0.286. The fraction of sp³-hybridized carbons (Fsp3) is 0.192. The van der Waals surface area contributed by atoms with Crippen LogP contribution in [0.1, 0.15) is 34.2 Å². The molecule has 0 fully saturated rings. The first-order valence-corrected chi connectivity index (χ1v) is 13.2. The van der Waals surface area contributed by atoms with Crippen LogP contribution in [0.3, 0.4) is 0 Å². The third-order valence-electron chi connectivity index (χ3n) is 5.45. The Morgan fingerprint density at radius 1 is 1.08 bits per heavy atom. The van der Waals surface area contributed by atoms with Crippen LogP contribution in [0.4, 0.5) is 10.7 Å². The van der Waals surface area contributed by atoms with Crippen molar-refractivity contribution in [2.45, 2.75) is 27.3 Å². The molecule has 0 atom stereocenters. The standard InChI is InChI=1S/C26H24Cl2N4O2S2/c1-4-34-25(33)19-13-22(18-8-6-5-7-9-18)36-24(19)30-26(35)29-23-15(2)31-32(16(23)3)14-17-10-11-20(27)21(28)12-17/h5-13H,4,14H2,1-3H3,(H2,29,30,35). The van der Waals surface area contributed by atoms with Crippen LogP contribution in [-0.2, 0) is 11.3 Å². The van der Waals surface area contributed by atoms with Gasteiger partial charge in [-0.15, -0.1) is 11.3 Å². The third-order valence-corrected chi connectivity index (χ3v) is 7.49. The van der Waals surface area contributed by atoms with E-state index in [-0.39, 0.29) is 6.61 Å². The first-order valence-electron chi connectivity index (χ1n) is 11.2. The molecule has 0 aliphatic heterocycles. The summed E-state index contributed by atoms with van der Waals surface area (Å²) in [5.41, 5.74) is 4.92. The summed E-state index contributed by atoms with van der Waals surface area (Å²) in [5, 5.41) is 13.1. The van der Waals surface area contributed by atoms with Gasteiger partial charge < -0.3 is 15.4 Å². The molecule has 0 bridgehead atoms. The van der Waals surface area contributed by atoms with Crippen molar-refractivity contribution in [2.24, 2.45) is 0 Å².